The van der Waals surface area contributed by atoms with Crippen LogP contribution in [0.4, 0.5) is 0 Å². The maximum Gasteiger partial charge on any atom is 0.325 e. The maximum absolute atomic E-state index is 10.9. The van der Waals surface area contributed by atoms with Crippen molar-refractivity contribution >= 4 is 21.9 Å². The van der Waals surface area contributed by atoms with E-state index in [-0.39, 0.29) is 0 Å². The summed E-state index contributed by atoms with van der Waals surface area (Å²) < 4.78 is 0.707. The van der Waals surface area contributed by atoms with Gasteiger partial charge in [-0.15, -0.1) is 0 Å². The first-order chi connectivity index (χ1) is 8.59. The summed E-state index contributed by atoms with van der Waals surface area (Å²) in [6.45, 7) is 0. The minimum absolute atomic E-state index is 0.571. The molecule has 0 aliphatic rings. The normalized spacial score (nSPS) is 12.1. The Balaban J connectivity index is 2.40. The summed E-state index contributed by atoms with van der Waals surface area (Å²) in [5.74, 6) is -1.04. The van der Waals surface area contributed by atoms with Crippen LogP contribution in [0.15, 0.2) is 53.0 Å². The molecule has 0 aliphatic heterocycles. The van der Waals surface area contributed by atoms with E-state index in [2.05, 4.69) is 15.9 Å². The fourth-order valence-corrected chi connectivity index (χ4v) is 2.35. The average Bonchev–Trinajstić information content (AvgIpc) is 2.38. The quantitative estimate of drug-likeness (QED) is 0.915. The smallest absolute Gasteiger partial charge is 0.325 e. The molecule has 1 atom stereocenters. The Hall–Kier alpha value is -1.65. The van der Waals surface area contributed by atoms with Gasteiger partial charge in [0.15, 0.2) is 0 Å². The van der Waals surface area contributed by atoms with E-state index < -0.39 is 12.0 Å². The van der Waals surface area contributed by atoms with Gasteiger partial charge in [0, 0.05) is 4.47 Å². The van der Waals surface area contributed by atoms with Crippen molar-refractivity contribution in [3.8, 4) is 11.1 Å². The van der Waals surface area contributed by atoms with Crippen molar-refractivity contribution in [1.29, 1.82) is 0 Å². The molecule has 18 heavy (non-hydrogen) atoms. The molecule has 3 N–H and O–H groups in total. The van der Waals surface area contributed by atoms with Crippen molar-refractivity contribution in [1.82, 2.24) is 0 Å². The lowest BCUT2D eigenvalue weighted by atomic mass is 10.0. The molecule has 3 nitrogen and oxygen atoms in total. The molecule has 2 aromatic rings. The highest BCUT2D eigenvalue weighted by atomic mass is 79.9. The van der Waals surface area contributed by atoms with E-state index in [0.29, 0.717) is 10.0 Å². The van der Waals surface area contributed by atoms with Crippen LogP contribution in [-0.2, 0) is 4.79 Å². The number of carboxylic acid groups (broad SMARTS) is 1. The molecule has 0 spiro atoms. The predicted octanol–water partition coefficient (Wildman–Crippen LogP) is 3.20. The second kappa shape index (κ2) is 5.33. The Morgan fingerprint density at radius 1 is 1.11 bits per heavy atom. The summed E-state index contributed by atoms with van der Waals surface area (Å²) in [5.41, 5.74) is 8.26. The summed E-state index contributed by atoms with van der Waals surface area (Å²) in [7, 11) is 0. The van der Waals surface area contributed by atoms with Gasteiger partial charge in [-0.05, 0) is 22.8 Å². The van der Waals surface area contributed by atoms with Crippen LogP contribution in [0.5, 0.6) is 0 Å². The Kier molecular flexibility index (Phi) is 3.79. The number of hydrogen-bond acceptors (Lipinski definition) is 2. The number of nitrogens with two attached hydrogens (primary N) is 1. The van der Waals surface area contributed by atoms with Gasteiger partial charge in [-0.2, -0.15) is 0 Å². The number of benzene rings is 2. The number of rotatable bonds is 3. The molecule has 2 aromatic carbocycles. The van der Waals surface area contributed by atoms with Gasteiger partial charge in [-0.25, -0.2) is 0 Å². The molecule has 0 fully saturated rings. The molecule has 4 heteroatoms. The van der Waals surface area contributed by atoms with Crippen molar-refractivity contribution in [2.75, 3.05) is 0 Å². The second-order valence-electron chi connectivity index (χ2n) is 3.92. The Bertz CT molecular complexity index is 569. The number of hydrogen-bond donors (Lipinski definition) is 2. The van der Waals surface area contributed by atoms with Crippen molar-refractivity contribution in [2.45, 2.75) is 6.04 Å². The highest BCUT2D eigenvalue weighted by Gasteiger charge is 2.17. The molecule has 0 amide bonds. The molecule has 0 aromatic heterocycles. The third-order valence-corrected chi connectivity index (χ3v) is 3.40. The molecule has 0 heterocycles. The summed E-state index contributed by atoms with van der Waals surface area (Å²) in [5, 5.41) is 8.90. The lowest BCUT2D eigenvalue weighted by Gasteiger charge is -2.11. The fraction of sp³-hybridized carbons (Fsp3) is 0.0714. The maximum atomic E-state index is 10.9. The van der Waals surface area contributed by atoms with Crippen LogP contribution in [0, 0.1) is 0 Å². The van der Waals surface area contributed by atoms with Crippen LogP contribution in [0.1, 0.15) is 11.6 Å². The topological polar surface area (TPSA) is 63.3 Å². The molecule has 0 saturated heterocycles. The zero-order valence-corrected chi connectivity index (χ0v) is 11.1. The van der Waals surface area contributed by atoms with Crippen LogP contribution in [0.25, 0.3) is 11.1 Å². The molecule has 2 rings (SSSR count). The monoisotopic (exact) mass is 305 g/mol. The Morgan fingerprint density at radius 2 is 1.78 bits per heavy atom. The van der Waals surface area contributed by atoms with Crippen molar-refractivity contribution in [2.24, 2.45) is 5.73 Å². The summed E-state index contributed by atoms with van der Waals surface area (Å²) in [6.07, 6.45) is 0. The van der Waals surface area contributed by atoms with Gasteiger partial charge in [-0.3, -0.25) is 4.79 Å². The highest BCUT2D eigenvalue weighted by Crippen LogP contribution is 2.28. The van der Waals surface area contributed by atoms with Gasteiger partial charge in [-0.1, -0.05) is 58.4 Å². The lowest BCUT2D eigenvalue weighted by Crippen LogP contribution is -2.20. The standard InChI is InChI=1S/C14H12BrNO2/c15-12-8-10(9-4-2-1-3-5-9)6-7-11(12)13(16)14(17)18/h1-8,13H,16H2,(H,17,18). The molecule has 1 unspecified atom stereocenters. The largest absolute Gasteiger partial charge is 0.480 e. The highest BCUT2D eigenvalue weighted by molar-refractivity contribution is 9.10. The fourth-order valence-electron chi connectivity index (χ4n) is 1.72. The van der Waals surface area contributed by atoms with Crippen LogP contribution < -0.4 is 5.73 Å². The first kappa shape index (κ1) is 12.8. The SMILES string of the molecule is NC(C(=O)O)c1ccc(-c2ccccc2)cc1Br. The van der Waals surface area contributed by atoms with Crippen LogP contribution in [0.3, 0.4) is 0 Å². The zero-order valence-electron chi connectivity index (χ0n) is 9.51. The molecular weight excluding hydrogens is 294 g/mol. The predicted molar refractivity (Wildman–Crippen MR) is 74.1 cm³/mol. The van der Waals surface area contributed by atoms with Crippen LogP contribution in [-0.4, -0.2) is 11.1 Å². The van der Waals surface area contributed by atoms with E-state index in [9.17, 15) is 4.79 Å². The average molecular weight is 306 g/mol. The first-order valence-electron chi connectivity index (χ1n) is 5.43. The van der Waals surface area contributed by atoms with Crippen molar-refractivity contribution < 1.29 is 9.90 Å². The molecule has 0 saturated carbocycles. The number of carbonyl (C=O) groups is 1. The van der Waals surface area contributed by atoms with Gasteiger partial charge in [0.1, 0.15) is 6.04 Å². The lowest BCUT2D eigenvalue weighted by molar-refractivity contribution is -0.138. The molecule has 0 radical (unpaired) electrons. The molecule has 92 valence electrons. The van der Waals surface area contributed by atoms with Crippen LogP contribution >= 0.6 is 15.9 Å². The first-order valence-corrected chi connectivity index (χ1v) is 6.22. The van der Waals surface area contributed by atoms with Gasteiger partial charge in [0.05, 0.1) is 0 Å². The van der Waals surface area contributed by atoms with Gasteiger partial charge >= 0.3 is 5.97 Å². The van der Waals surface area contributed by atoms with Crippen molar-refractivity contribution in [3.05, 3.63) is 58.6 Å². The van der Waals surface area contributed by atoms with Gasteiger partial charge in [0.2, 0.25) is 0 Å². The Labute approximate surface area is 113 Å². The van der Waals surface area contributed by atoms with E-state index in [1.807, 2.05) is 42.5 Å². The summed E-state index contributed by atoms with van der Waals surface area (Å²) in [4.78, 5) is 10.9. The van der Waals surface area contributed by atoms with E-state index in [1.165, 1.54) is 0 Å². The van der Waals surface area contributed by atoms with Gasteiger partial charge in [0.25, 0.3) is 0 Å². The second-order valence-corrected chi connectivity index (χ2v) is 4.77. The zero-order chi connectivity index (χ0) is 13.1. The summed E-state index contributed by atoms with van der Waals surface area (Å²) in [6, 6.07) is 14.4. The summed E-state index contributed by atoms with van der Waals surface area (Å²) >= 11 is 3.37. The van der Waals surface area contributed by atoms with E-state index in [1.54, 1.807) is 6.07 Å². The number of carboxylic acids is 1. The third-order valence-electron chi connectivity index (χ3n) is 2.71. The van der Waals surface area contributed by atoms with Crippen molar-refractivity contribution in [3.63, 3.8) is 0 Å². The molecule has 0 aliphatic carbocycles. The van der Waals surface area contributed by atoms with Gasteiger partial charge < -0.3 is 10.8 Å². The molecule has 0 bridgehead atoms. The van der Waals surface area contributed by atoms with E-state index >= 15 is 0 Å². The molecular formula is C14H12BrNO2. The minimum Gasteiger partial charge on any atom is -0.480 e. The van der Waals surface area contributed by atoms with E-state index in [0.717, 1.165) is 11.1 Å². The number of halogens is 1. The van der Waals surface area contributed by atoms with E-state index in [4.69, 9.17) is 10.8 Å². The van der Waals surface area contributed by atoms with Crippen LogP contribution in [0.2, 0.25) is 0 Å². The Morgan fingerprint density at radius 3 is 2.33 bits per heavy atom. The minimum atomic E-state index is -1.04. The third kappa shape index (κ3) is 2.60. The number of aliphatic carboxylic acids is 1.